The van der Waals surface area contributed by atoms with E-state index in [1.54, 1.807) is 31.1 Å². The highest BCUT2D eigenvalue weighted by Gasteiger charge is 2.25. The van der Waals surface area contributed by atoms with Gasteiger partial charge in [0.1, 0.15) is 6.54 Å². The molecule has 1 heterocycles. The highest BCUT2D eigenvalue weighted by Crippen LogP contribution is 2.33. The molecule has 0 N–H and O–H groups in total. The Morgan fingerprint density at radius 2 is 2.13 bits per heavy atom. The molecule has 0 bridgehead atoms. The largest absolute Gasteiger partial charge is 0.347 e. The fourth-order valence-electron chi connectivity index (χ4n) is 1.47. The Labute approximate surface area is 87.9 Å². The van der Waals surface area contributed by atoms with Crippen LogP contribution in [0.15, 0.2) is 17.2 Å². The van der Waals surface area contributed by atoms with Crippen molar-refractivity contribution in [3.05, 3.63) is 22.9 Å². The third-order valence-corrected chi connectivity index (χ3v) is 2.62. The lowest BCUT2D eigenvalue weighted by Crippen LogP contribution is -2.32. The average molecular weight is 209 g/mol. The number of amides is 1. The Bertz CT molecular complexity index is 426. The summed E-state index contributed by atoms with van der Waals surface area (Å²) < 4.78 is 3.17. The number of hydrogen-bond donors (Lipinski definition) is 0. The van der Waals surface area contributed by atoms with Gasteiger partial charge in [0.25, 0.3) is 0 Å². The Morgan fingerprint density at radius 1 is 1.47 bits per heavy atom. The molecule has 0 aliphatic heterocycles. The normalized spacial score (nSPS) is 15.3. The van der Waals surface area contributed by atoms with Gasteiger partial charge >= 0.3 is 5.69 Å². The minimum Gasteiger partial charge on any atom is -0.347 e. The van der Waals surface area contributed by atoms with Crippen molar-refractivity contribution in [1.82, 2.24) is 14.0 Å². The van der Waals surface area contributed by atoms with Crippen LogP contribution in [0, 0.1) is 0 Å². The number of aromatic nitrogens is 2. The Hall–Kier alpha value is -1.52. The van der Waals surface area contributed by atoms with Gasteiger partial charge in [0.2, 0.25) is 5.91 Å². The molecule has 1 saturated carbocycles. The predicted octanol–water partition coefficient (Wildman–Crippen LogP) is 0.0729. The molecule has 0 radical (unpaired) electrons. The maximum Gasteiger partial charge on any atom is 0.328 e. The van der Waals surface area contributed by atoms with Crippen molar-refractivity contribution in [3.8, 4) is 0 Å². The molecular weight excluding hydrogens is 194 g/mol. The van der Waals surface area contributed by atoms with Crippen LogP contribution in [-0.4, -0.2) is 34.0 Å². The van der Waals surface area contributed by atoms with E-state index >= 15 is 0 Å². The van der Waals surface area contributed by atoms with Crippen molar-refractivity contribution in [2.75, 3.05) is 14.1 Å². The van der Waals surface area contributed by atoms with Crippen molar-refractivity contribution >= 4 is 5.91 Å². The van der Waals surface area contributed by atoms with Crippen molar-refractivity contribution in [2.24, 2.45) is 0 Å². The molecule has 0 unspecified atom stereocenters. The molecule has 1 aromatic rings. The Kier molecular flexibility index (Phi) is 2.38. The first kappa shape index (κ1) is 10.0. The summed E-state index contributed by atoms with van der Waals surface area (Å²) >= 11 is 0. The number of rotatable bonds is 3. The maximum atomic E-state index is 11.8. The smallest absolute Gasteiger partial charge is 0.328 e. The first-order valence-corrected chi connectivity index (χ1v) is 5.07. The SMILES string of the molecule is CN(C)C(=O)Cn1ccn(C2CC2)c1=O. The van der Waals surface area contributed by atoms with Crippen LogP contribution in [0.4, 0.5) is 0 Å². The topological polar surface area (TPSA) is 47.2 Å². The standard InChI is InChI=1S/C10H15N3O2/c1-11(2)9(14)7-12-5-6-13(10(12)15)8-3-4-8/h5-6,8H,3-4,7H2,1-2H3. The molecule has 1 amide bonds. The number of hydrogen-bond acceptors (Lipinski definition) is 2. The third-order valence-electron chi connectivity index (χ3n) is 2.62. The van der Waals surface area contributed by atoms with Gasteiger partial charge in [-0.15, -0.1) is 0 Å². The van der Waals surface area contributed by atoms with Gasteiger partial charge in [0.15, 0.2) is 0 Å². The summed E-state index contributed by atoms with van der Waals surface area (Å²) in [4.78, 5) is 24.7. The summed E-state index contributed by atoms with van der Waals surface area (Å²) in [5.74, 6) is -0.0642. The molecule has 0 atom stereocenters. The molecule has 15 heavy (non-hydrogen) atoms. The van der Waals surface area contributed by atoms with E-state index in [9.17, 15) is 9.59 Å². The number of carbonyl (C=O) groups excluding carboxylic acids is 1. The van der Waals surface area contributed by atoms with E-state index < -0.39 is 0 Å². The average Bonchev–Trinajstić information content (AvgIpc) is 2.95. The highest BCUT2D eigenvalue weighted by atomic mass is 16.2. The van der Waals surface area contributed by atoms with Crippen molar-refractivity contribution in [2.45, 2.75) is 25.4 Å². The van der Waals surface area contributed by atoms with Crippen LogP contribution >= 0.6 is 0 Å². The second kappa shape index (κ2) is 3.56. The van der Waals surface area contributed by atoms with Crippen molar-refractivity contribution in [3.63, 3.8) is 0 Å². The molecular formula is C10H15N3O2. The van der Waals surface area contributed by atoms with Gasteiger partial charge in [-0.2, -0.15) is 0 Å². The molecule has 1 fully saturated rings. The van der Waals surface area contributed by atoms with Gasteiger partial charge in [0, 0.05) is 32.5 Å². The van der Waals surface area contributed by atoms with Crippen LogP contribution in [0.2, 0.25) is 0 Å². The van der Waals surface area contributed by atoms with E-state index in [-0.39, 0.29) is 18.1 Å². The van der Waals surface area contributed by atoms with Gasteiger partial charge in [-0.25, -0.2) is 4.79 Å². The molecule has 0 spiro atoms. The second-order valence-electron chi connectivity index (χ2n) is 4.14. The minimum absolute atomic E-state index is 0.0642. The predicted molar refractivity (Wildman–Crippen MR) is 55.7 cm³/mol. The summed E-state index contributed by atoms with van der Waals surface area (Å²) in [5, 5.41) is 0. The Morgan fingerprint density at radius 3 is 2.67 bits per heavy atom. The lowest BCUT2D eigenvalue weighted by Gasteiger charge is -2.09. The van der Waals surface area contributed by atoms with Gasteiger partial charge in [-0.3, -0.25) is 13.9 Å². The molecule has 2 rings (SSSR count). The molecule has 5 heteroatoms. The number of likely N-dealkylation sites (N-methyl/N-ethyl adjacent to an activating group) is 1. The third kappa shape index (κ3) is 1.95. The van der Waals surface area contributed by atoms with Crippen molar-refractivity contribution < 1.29 is 4.79 Å². The zero-order valence-electron chi connectivity index (χ0n) is 9.01. The van der Waals surface area contributed by atoms with E-state index in [2.05, 4.69) is 0 Å². The summed E-state index contributed by atoms with van der Waals surface area (Å²) in [7, 11) is 3.37. The van der Waals surface area contributed by atoms with Crippen LogP contribution in [-0.2, 0) is 11.3 Å². The minimum atomic E-state index is -0.0762. The molecule has 5 nitrogen and oxygen atoms in total. The lowest BCUT2D eigenvalue weighted by atomic mass is 10.5. The van der Waals surface area contributed by atoms with Crippen LogP contribution < -0.4 is 5.69 Å². The van der Waals surface area contributed by atoms with Crippen LogP contribution in [0.1, 0.15) is 18.9 Å². The second-order valence-corrected chi connectivity index (χ2v) is 4.14. The van der Waals surface area contributed by atoms with E-state index in [0.717, 1.165) is 12.8 Å². The fourth-order valence-corrected chi connectivity index (χ4v) is 1.47. The molecule has 82 valence electrons. The van der Waals surface area contributed by atoms with Gasteiger partial charge in [0.05, 0.1) is 0 Å². The molecule has 0 saturated heterocycles. The van der Waals surface area contributed by atoms with E-state index in [0.29, 0.717) is 6.04 Å². The van der Waals surface area contributed by atoms with Crippen LogP contribution in [0.5, 0.6) is 0 Å². The molecule has 1 aliphatic carbocycles. The van der Waals surface area contributed by atoms with E-state index in [1.165, 1.54) is 9.47 Å². The summed E-state index contributed by atoms with van der Waals surface area (Å²) in [6.45, 7) is 0.131. The fraction of sp³-hybridized carbons (Fsp3) is 0.600. The molecule has 1 aliphatic rings. The zero-order chi connectivity index (χ0) is 11.0. The number of carbonyl (C=O) groups is 1. The van der Waals surface area contributed by atoms with E-state index in [1.807, 2.05) is 0 Å². The summed E-state index contributed by atoms with van der Waals surface area (Å²) in [5.41, 5.74) is -0.0762. The van der Waals surface area contributed by atoms with E-state index in [4.69, 9.17) is 0 Å². The Balaban J connectivity index is 2.15. The van der Waals surface area contributed by atoms with Crippen LogP contribution in [0.25, 0.3) is 0 Å². The van der Waals surface area contributed by atoms with Gasteiger partial charge < -0.3 is 4.90 Å². The summed E-state index contributed by atoms with van der Waals surface area (Å²) in [6.07, 6.45) is 5.60. The monoisotopic (exact) mass is 209 g/mol. The first-order chi connectivity index (χ1) is 7.09. The molecule has 1 aromatic heterocycles. The zero-order valence-corrected chi connectivity index (χ0v) is 9.01. The van der Waals surface area contributed by atoms with Crippen molar-refractivity contribution in [1.29, 1.82) is 0 Å². The van der Waals surface area contributed by atoms with Gasteiger partial charge in [-0.05, 0) is 12.8 Å². The lowest BCUT2D eigenvalue weighted by molar-refractivity contribution is -0.129. The highest BCUT2D eigenvalue weighted by molar-refractivity contribution is 5.75. The quantitative estimate of drug-likeness (QED) is 0.707. The number of imidazole rings is 1. The maximum absolute atomic E-state index is 11.8. The summed E-state index contributed by atoms with van der Waals surface area (Å²) in [6, 6.07) is 0.369. The first-order valence-electron chi connectivity index (χ1n) is 5.07. The van der Waals surface area contributed by atoms with Crippen LogP contribution in [0.3, 0.4) is 0 Å². The molecule has 0 aromatic carbocycles. The number of nitrogens with zero attached hydrogens (tertiary/aromatic N) is 3. The van der Waals surface area contributed by atoms with Gasteiger partial charge in [-0.1, -0.05) is 0 Å².